The highest BCUT2D eigenvalue weighted by Crippen LogP contribution is 2.40. The Morgan fingerprint density at radius 1 is 1.38 bits per heavy atom. The number of rotatable bonds is 0. The van der Waals surface area contributed by atoms with E-state index in [0.29, 0.717) is 5.41 Å². The standard InChI is InChI=1S/C11H15BS/c1-11(2)5-6-13-10-4-3-8(12)7-9(10)11/h3-4,7H,5-6,12H2,1-2H3. The van der Waals surface area contributed by atoms with Crippen LogP contribution in [0.4, 0.5) is 0 Å². The van der Waals surface area contributed by atoms with Crippen molar-refractivity contribution in [1.82, 2.24) is 0 Å². The van der Waals surface area contributed by atoms with Gasteiger partial charge in [-0.2, -0.15) is 0 Å². The van der Waals surface area contributed by atoms with E-state index in [0.717, 1.165) is 0 Å². The normalized spacial score (nSPS) is 19.5. The molecule has 0 spiro atoms. The predicted molar refractivity (Wildman–Crippen MR) is 63.0 cm³/mol. The van der Waals surface area contributed by atoms with Crippen LogP contribution in [0.15, 0.2) is 23.1 Å². The van der Waals surface area contributed by atoms with E-state index >= 15 is 0 Å². The molecule has 1 aliphatic rings. The number of hydrogen-bond acceptors (Lipinski definition) is 1. The van der Waals surface area contributed by atoms with E-state index in [4.69, 9.17) is 0 Å². The Morgan fingerprint density at radius 2 is 2.15 bits per heavy atom. The van der Waals surface area contributed by atoms with Crippen LogP contribution in [-0.2, 0) is 5.41 Å². The molecular formula is C11H15BS. The molecule has 1 heterocycles. The molecule has 0 saturated heterocycles. The summed E-state index contributed by atoms with van der Waals surface area (Å²) in [5.41, 5.74) is 3.31. The van der Waals surface area contributed by atoms with Crippen LogP contribution in [0.2, 0.25) is 0 Å². The third-order valence-corrected chi connectivity index (χ3v) is 3.92. The summed E-state index contributed by atoms with van der Waals surface area (Å²) >= 11 is 2.00. The first kappa shape index (κ1) is 9.20. The summed E-state index contributed by atoms with van der Waals surface area (Å²) in [6.45, 7) is 4.70. The second kappa shape index (κ2) is 3.09. The van der Waals surface area contributed by atoms with Crippen LogP contribution < -0.4 is 5.46 Å². The molecule has 0 fully saturated rings. The Morgan fingerprint density at radius 3 is 2.92 bits per heavy atom. The maximum Gasteiger partial charge on any atom is 0.139 e. The maximum absolute atomic E-state index is 2.35. The van der Waals surface area contributed by atoms with Crippen molar-refractivity contribution >= 4 is 25.1 Å². The van der Waals surface area contributed by atoms with Gasteiger partial charge in [0.2, 0.25) is 0 Å². The molecule has 0 amide bonds. The van der Waals surface area contributed by atoms with Crippen LogP contribution in [-0.4, -0.2) is 13.6 Å². The monoisotopic (exact) mass is 190 g/mol. The van der Waals surface area contributed by atoms with Crippen molar-refractivity contribution in [2.75, 3.05) is 5.75 Å². The van der Waals surface area contributed by atoms with Crippen molar-refractivity contribution in [2.24, 2.45) is 0 Å². The average molecular weight is 190 g/mol. The van der Waals surface area contributed by atoms with Gasteiger partial charge in [-0.1, -0.05) is 31.4 Å². The average Bonchev–Trinajstić information content (AvgIpc) is 2.06. The molecule has 2 rings (SSSR count). The molecule has 0 aromatic heterocycles. The van der Waals surface area contributed by atoms with Gasteiger partial charge < -0.3 is 0 Å². The highest BCUT2D eigenvalue weighted by atomic mass is 32.2. The van der Waals surface area contributed by atoms with Crippen molar-refractivity contribution in [1.29, 1.82) is 0 Å². The fraction of sp³-hybridized carbons (Fsp3) is 0.455. The number of hydrogen-bond donors (Lipinski definition) is 0. The molecule has 68 valence electrons. The Balaban J connectivity index is 2.55. The molecule has 0 atom stereocenters. The predicted octanol–water partition coefficient (Wildman–Crippen LogP) is 1.72. The summed E-state index contributed by atoms with van der Waals surface area (Å²) in [7, 11) is 2.18. The van der Waals surface area contributed by atoms with Gasteiger partial charge in [0.05, 0.1) is 0 Å². The fourth-order valence-corrected chi connectivity index (χ4v) is 3.34. The molecule has 0 unspecified atom stereocenters. The lowest BCUT2D eigenvalue weighted by Gasteiger charge is -2.32. The third kappa shape index (κ3) is 1.64. The smallest absolute Gasteiger partial charge is 0.126 e. The van der Waals surface area contributed by atoms with E-state index in [-0.39, 0.29) is 0 Å². The first-order valence-electron chi connectivity index (χ1n) is 4.83. The molecule has 0 radical (unpaired) electrons. The summed E-state index contributed by atoms with van der Waals surface area (Å²) in [5, 5.41) is 0. The molecular weight excluding hydrogens is 175 g/mol. The number of thioether (sulfide) groups is 1. The van der Waals surface area contributed by atoms with Gasteiger partial charge in [-0.15, -0.1) is 11.8 Å². The Bertz CT molecular complexity index is 331. The maximum atomic E-state index is 2.35. The van der Waals surface area contributed by atoms with Crippen LogP contribution in [0, 0.1) is 0 Å². The second-order valence-electron chi connectivity index (χ2n) is 4.48. The first-order valence-corrected chi connectivity index (χ1v) is 5.82. The van der Waals surface area contributed by atoms with E-state index in [9.17, 15) is 0 Å². The van der Waals surface area contributed by atoms with Gasteiger partial charge in [-0.25, -0.2) is 0 Å². The van der Waals surface area contributed by atoms with Crippen LogP contribution in [0.3, 0.4) is 0 Å². The minimum atomic E-state index is 0.382. The van der Waals surface area contributed by atoms with E-state index < -0.39 is 0 Å². The molecule has 0 aliphatic carbocycles. The van der Waals surface area contributed by atoms with E-state index in [1.54, 1.807) is 5.56 Å². The molecule has 13 heavy (non-hydrogen) atoms. The van der Waals surface area contributed by atoms with Crippen molar-refractivity contribution in [3.8, 4) is 0 Å². The van der Waals surface area contributed by atoms with Crippen molar-refractivity contribution in [3.63, 3.8) is 0 Å². The highest BCUT2D eigenvalue weighted by molar-refractivity contribution is 7.99. The Kier molecular flexibility index (Phi) is 2.19. The third-order valence-electron chi connectivity index (χ3n) is 2.85. The van der Waals surface area contributed by atoms with Crippen LogP contribution in [0.1, 0.15) is 25.8 Å². The lowest BCUT2D eigenvalue weighted by atomic mass is 9.79. The zero-order valence-electron chi connectivity index (χ0n) is 8.55. The zero-order valence-corrected chi connectivity index (χ0v) is 9.37. The largest absolute Gasteiger partial charge is 0.139 e. The lowest BCUT2D eigenvalue weighted by molar-refractivity contribution is 0.494. The molecule has 0 nitrogen and oxygen atoms in total. The Hall–Kier alpha value is -0.365. The summed E-state index contributed by atoms with van der Waals surface area (Å²) < 4.78 is 0. The minimum Gasteiger partial charge on any atom is -0.126 e. The minimum absolute atomic E-state index is 0.382. The molecule has 2 heteroatoms. The Labute approximate surface area is 85.5 Å². The number of benzene rings is 1. The summed E-state index contributed by atoms with van der Waals surface area (Å²) in [6.07, 6.45) is 1.30. The summed E-state index contributed by atoms with van der Waals surface area (Å²) in [6, 6.07) is 6.84. The lowest BCUT2D eigenvalue weighted by Crippen LogP contribution is -2.24. The van der Waals surface area contributed by atoms with Gasteiger partial charge in [-0.3, -0.25) is 0 Å². The molecule has 1 aromatic carbocycles. The van der Waals surface area contributed by atoms with Gasteiger partial charge in [0.15, 0.2) is 0 Å². The highest BCUT2D eigenvalue weighted by Gasteiger charge is 2.27. The second-order valence-corrected chi connectivity index (χ2v) is 5.62. The summed E-state index contributed by atoms with van der Waals surface area (Å²) in [4.78, 5) is 1.49. The van der Waals surface area contributed by atoms with E-state index in [2.05, 4.69) is 39.9 Å². The van der Waals surface area contributed by atoms with Gasteiger partial charge in [0.25, 0.3) is 0 Å². The topological polar surface area (TPSA) is 0 Å². The van der Waals surface area contributed by atoms with Gasteiger partial charge in [-0.05, 0) is 29.2 Å². The van der Waals surface area contributed by atoms with Gasteiger partial charge in [0, 0.05) is 4.90 Å². The molecule has 0 N–H and O–H groups in total. The summed E-state index contributed by atoms with van der Waals surface area (Å²) in [5.74, 6) is 1.27. The van der Waals surface area contributed by atoms with Crippen molar-refractivity contribution in [2.45, 2.75) is 30.6 Å². The first-order chi connectivity index (χ1) is 6.09. The zero-order chi connectivity index (χ0) is 9.47. The SMILES string of the molecule is Bc1ccc2c(c1)C(C)(C)CCS2. The quantitative estimate of drug-likeness (QED) is 0.561. The van der Waals surface area contributed by atoms with E-state index in [1.165, 1.54) is 22.5 Å². The fourth-order valence-electron chi connectivity index (χ4n) is 1.85. The van der Waals surface area contributed by atoms with Crippen LogP contribution in [0.5, 0.6) is 0 Å². The van der Waals surface area contributed by atoms with Crippen molar-refractivity contribution < 1.29 is 0 Å². The number of fused-ring (bicyclic) bond motifs is 1. The van der Waals surface area contributed by atoms with E-state index in [1.807, 2.05) is 11.8 Å². The molecule has 0 bridgehead atoms. The van der Waals surface area contributed by atoms with Crippen molar-refractivity contribution in [3.05, 3.63) is 23.8 Å². The molecule has 1 aliphatic heterocycles. The molecule has 0 saturated carbocycles. The van der Waals surface area contributed by atoms with Gasteiger partial charge >= 0.3 is 0 Å². The van der Waals surface area contributed by atoms with Crippen LogP contribution >= 0.6 is 11.8 Å². The van der Waals surface area contributed by atoms with Crippen LogP contribution in [0.25, 0.3) is 0 Å². The van der Waals surface area contributed by atoms with Gasteiger partial charge in [0.1, 0.15) is 7.85 Å². The molecule has 1 aromatic rings.